The molecule has 19 heavy (non-hydrogen) atoms. The van der Waals surface area contributed by atoms with E-state index in [1.165, 1.54) is 0 Å². The molecule has 0 spiro atoms. The van der Waals surface area contributed by atoms with E-state index in [1.54, 1.807) is 13.0 Å². The number of nitrogens with one attached hydrogen (secondary N) is 1. The molecule has 4 heteroatoms. The Morgan fingerprint density at radius 2 is 2.16 bits per heavy atom. The van der Waals surface area contributed by atoms with Crippen LogP contribution < -0.4 is 5.32 Å². The Morgan fingerprint density at radius 3 is 2.79 bits per heavy atom. The molecule has 1 heterocycles. The second-order valence-corrected chi connectivity index (χ2v) is 5.33. The van der Waals surface area contributed by atoms with Gasteiger partial charge in [-0.1, -0.05) is 12.1 Å². The van der Waals surface area contributed by atoms with Crippen LogP contribution in [-0.4, -0.2) is 35.5 Å². The topological polar surface area (TPSA) is 52.6 Å². The molecule has 1 amide bonds. The van der Waals surface area contributed by atoms with E-state index in [1.807, 2.05) is 18.2 Å². The SMILES string of the molecule is CC(=O)NCC1CCN(Cc2cccc(O)c2)CC1. The third-order valence-electron chi connectivity index (χ3n) is 3.66. The fourth-order valence-electron chi connectivity index (χ4n) is 2.55. The summed E-state index contributed by atoms with van der Waals surface area (Å²) >= 11 is 0. The second kappa shape index (κ2) is 6.57. The van der Waals surface area contributed by atoms with Crippen LogP contribution in [0.25, 0.3) is 0 Å². The highest BCUT2D eigenvalue weighted by Gasteiger charge is 2.19. The molecule has 1 aromatic rings. The van der Waals surface area contributed by atoms with Gasteiger partial charge in [-0.15, -0.1) is 0 Å². The predicted octanol–water partition coefficient (Wildman–Crippen LogP) is 1.74. The van der Waals surface area contributed by atoms with Crippen molar-refractivity contribution in [1.29, 1.82) is 0 Å². The first-order valence-electron chi connectivity index (χ1n) is 6.88. The van der Waals surface area contributed by atoms with Gasteiger partial charge in [0.1, 0.15) is 5.75 Å². The number of piperidine rings is 1. The van der Waals surface area contributed by atoms with Crippen LogP contribution in [0, 0.1) is 5.92 Å². The summed E-state index contributed by atoms with van der Waals surface area (Å²) in [7, 11) is 0. The second-order valence-electron chi connectivity index (χ2n) is 5.33. The Bertz CT molecular complexity index is 426. The lowest BCUT2D eigenvalue weighted by Gasteiger charge is -2.32. The maximum absolute atomic E-state index is 10.9. The smallest absolute Gasteiger partial charge is 0.216 e. The average Bonchev–Trinajstić information content (AvgIpc) is 2.38. The van der Waals surface area contributed by atoms with Crippen LogP contribution in [0.4, 0.5) is 0 Å². The molecule has 0 unspecified atom stereocenters. The lowest BCUT2D eigenvalue weighted by Crippen LogP contribution is -2.37. The lowest BCUT2D eigenvalue weighted by atomic mass is 9.96. The Balaban J connectivity index is 1.75. The summed E-state index contributed by atoms with van der Waals surface area (Å²) in [6, 6.07) is 7.45. The molecular formula is C15H22N2O2. The van der Waals surface area contributed by atoms with Crippen LogP contribution in [0.3, 0.4) is 0 Å². The van der Waals surface area contributed by atoms with Crippen LogP contribution >= 0.6 is 0 Å². The van der Waals surface area contributed by atoms with Crippen LogP contribution in [0.15, 0.2) is 24.3 Å². The quantitative estimate of drug-likeness (QED) is 0.869. The van der Waals surface area contributed by atoms with E-state index >= 15 is 0 Å². The Kier molecular flexibility index (Phi) is 4.80. The molecule has 0 radical (unpaired) electrons. The molecule has 104 valence electrons. The van der Waals surface area contributed by atoms with Crippen molar-refractivity contribution in [3.05, 3.63) is 29.8 Å². The number of rotatable bonds is 4. The summed E-state index contributed by atoms with van der Waals surface area (Å²) < 4.78 is 0. The fraction of sp³-hybridized carbons (Fsp3) is 0.533. The van der Waals surface area contributed by atoms with Gasteiger partial charge in [0.05, 0.1) is 0 Å². The standard InChI is InChI=1S/C15H22N2O2/c1-12(18)16-10-13-5-7-17(8-6-13)11-14-3-2-4-15(19)9-14/h2-4,9,13,19H,5-8,10-11H2,1H3,(H,16,18). The molecule has 2 rings (SSSR count). The highest BCUT2D eigenvalue weighted by molar-refractivity contribution is 5.72. The molecule has 0 aromatic heterocycles. The van der Waals surface area contributed by atoms with Crippen molar-refractivity contribution in [2.75, 3.05) is 19.6 Å². The fourth-order valence-corrected chi connectivity index (χ4v) is 2.55. The van der Waals surface area contributed by atoms with Crippen molar-refractivity contribution in [3.8, 4) is 5.75 Å². The number of likely N-dealkylation sites (tertiary alicyclic amines) is 1. The van der Waals surface area contributed by atoms with Gasteiger partial charge < -0.3 is 10.4 Å². The summed E-state index contributed by atoms with van der Waals surface area (Å²) in [5.41, 5.74) is 1.15. The van der Waals surface area contributed by atoms with Crippen molar-refractivity contribution >= 4 is 5.91 Å². The van der Waals surface area contributed by atoms with Crippen molar-refractivity contribution < 1.29 is 9.90 Å². The third kappa shape index (κ3) is 4.56. The molecule has 0 atom stereocenters. The largest absolute Gasteiger partial charge is 0.508 e. The maximum Gasteiger partial charge on any atom is 0.216 e. The van der Waals surface area contributed by atoms with Crippen LogP contribution in [0.1, 0.15) is 25.3 Å². The zero-order valence-electron chi connectivity index (χ0n) is 11.4. The molecule has 1 aromatic carbocycles. The van der Waals surface area contributed by atoms with Gasteiger partial charge in [-0.25, -0.2) is 0 Å². The molecule has 0 aliphatic carbocycles. The highest BCUT2D eigenvalue weighted by atomic mass is 16.3. The predicted molar refractivity (Wildman–Crippen MR) is 74.8 cm³/mol. The molecule has 1 fully saturated rings. The minimum atomic E-state index is 0.0576. The lowest BCUT2D eigenvalue weighted by molar-refractivity contribution is -0.119. The number of hydrogen-bond acceptors (Lipinski definition) is 3. The molecule has 4 nitrogen and oxygen atoms in total. The number of carbonyl (C=O) groups excluding carboxylic acids is 1. The molecule has 1 aliphatic heterocycles. The van der Waals surface area contributed by atoms with E-state index in [4.69, 9.17) is 0 Å². The minimum absolute atomic E-state index is 0.0576. The number of nitrogens with zero attached hydrogens (tertiary/aromatic N) is 1. The summed E-state index contributed by atoms with van der Waals surface area (Å²) in [5, 5.41) is 12.3. The molecule has 0 saturated carbocycles. The van der Waals surface area contributed by atoms with Gasteiger partial charge in [0.25, 0.3) is 0 Å². The summed E-state index contributed by atoms with van der Waals surface area (Å²) in [4.78, 5) is 13.3. The van der Waals surface area contributed by atoms with Gasteiger partial charge >= 0.3 is 0 Å². The van der Waals surface area contributed by atoms with Gasteiger partial charge in [-0.05, 0) is 49.5 Å². The highest BCUT2D eigenvalue weighted by Crippen LogP contribution is 2.19. The number of phenolic OH excluding ortho intramolecular Hbond substituents is 1. The first-order valence-corrected chi connectivity index (χ1v) is 6.88. The van der Waals surface area contributed by atoms with E-state index in [0.29, 0.717) is 11.7 Å². The van der Waals surface area contributed by atoms with Gasteiger partial charge in [0, 0.05) is 20.0 Å². The Hall–Kier alpha value is -1.55. The first kappa shape index (κ1) is 13.9. The van der Waals surface area contributed by atoms with Crippen LogP contribution in [0.2, 0.25) is 0 Å². The van der Waals surface area contributed by atoms with E-state index in [9.17, 15) is 9.90 Å². The van der Waals surface area contributed by atoms with Gasteiger partial charge in [-0.2, -0.15) is 0 Å². The van der Waals surface area contributed by atoms with Gasteiger partial charge in [0.2, 0.25) is 5.91 Å². The summed E-state index contributed by atoms with van der Waals surface area (Å²) in [5.74, 6) is 0.990. The Labute approximate surface area is 114 Å². The normalized spacial score (nSPS) is 17.3. The van der Waals surface area contributed by atoms with Crippen molar-refractivity contribution in [2.45, 2.75) is 26.3 Å². The van der Waals surface area contributed by atoms with E-state index < -0.39 is 0 Å². The van der Waals surface area contributed by atoms with Crippen molar-refractivity contribution in [1.82, 2.24) is 10.2 Å². The first-order chi connectivity index (χ1) is 9.13. The van der Waals surface area contributed by atoms with E-state index in [-0.39, 0.29) is 5.91 Å². The number of hydrogen-bond donors (Lipinski definition) is 2. The zero-order chi connectivity index (χ0) is 13.7. The minimum Gasteiger partial charge on any atom is -0.508 e. The number of amides is 1. The van der Waals surface area contributed by atoms with Crippen molar-refractivity contribution in [3.63, 3.8) is 0 Å². The number of carbonyl (C=O) groups is 1. The van der Waals surface area contributed by atoms with Crippen LogP contribution in [0.5, 0.6) is 5.75 Å². The average molecular weight is 262 g/mol. The molecule has 2 N–H and O–H groups in total. The van der Waals surface area contributed by atoms with E-state index in [2.05, 4.69) is 10.2 Å². The van der Waals surface area contributed by atoms with Gasteiger partial charge in [-0.3, -0.25) is 9.69 Å². The van der Waals surface area contributed by atoms with Gasteiger partial charge in [0.15, 0.2) is 0 Å². The summed E-state index contributed by atoms with van der Waals surface area (Å²) in [6.07, 6.45) is 2.25. The molecular weight excluding hydrogens is 240 g/mol. The number of benzene rings is 1. The van der Waals surface area contributed by atoms with E-state index in [0.717, 1.165) is 44.6 Å². The molecule has 1 saturated heterocycles. The van der Waals surface area contributed by atoms with Crippen LogP contribution in [-0.2, 0) is 11.3 Å². The number of aromatic hydroxyl groups is 1. The maximum atomic E-state index is 10.9. The monoisotopic (exact) mass is 262 g/mol. The molecule has 0 bridgehead atoms. The Morgan fingerprint density at radius 1 is 1.42 bits per heavy atom. The summed E-state index contributed by atoms with van der Waals surface area (Å²) in [6.45, 7) is 5.37. The molecule has 1 aliphatic rings. The zero-order valence-corrected chi connectivity index (χ0v) is 11.4. The number of phenols is 1. The van der Waals surface area contributed by atoms with Crippen molar-refractivity contribution in [2.24, 2.45) is 5.92 Å². The third-order valence-corrected chi connectivity index (χ3v) is 3.66.